The molecule has 0 bridgehead atoms. The molecular formula is C18H17FN2O2S. The van der Waals surface area contributed by atoms with Gasteiger partial charge in [-0.15, -0.1) is 0 Å². The zero-order chi connectivity index (χ0) is 16.9. The van der Waals surface area contributed by atoms with Gasteiger partial charge in [0.2, 0.25) is 0 Å². The van der Waals surface area contributed by atoms with Crippen molar-refractivity contribution in [2.24, 2.45) is 4.99 Å². The number of amides is 1. The maximum absolute atomic E-state index is 14.2. The summed E-state index contributed by atoms with van der Waals surface area (Å²) in [4.78, 5) is 17.0. The molecule has 0 fully saturated rings. The number of rotatable bonds is 5. The predicted octanol–water partition coefficient (Wildman–Crippen LogP) is 3.62. The van der Waals surface area contributed by atoms with Gasteiger partial charge in [0.25, 0.3) is 5.91 Å². The first-order valence-electron chi connectivity index (χ1n) is 7.70. The molecule has 24 heavy (non-hydrogen) atoms. The maximum atomic E-state index is 14.2. The van der Waals surface area contributed by atoms with Gasteiger partial charge in [-0.2, -0.15) is 4.99 Å². The van der Waals surface area contributed by atoms with Crippen molar-refractivity contribution in [3.05, 3.63) is 64.7 Å². The van der Waals surface area contributed by atoms with E-state index in [1.165, 1.54) is 17.4 Å². The first-order valence-corrected chi connectivity index (χ1v) is 8.52. The number of hydrogen-bond acceptors (Lipinski definition) is 3. The third-order valence-corrected chi connectivity index (χ3v) is 4.58. The number of nitrogens with zero attached hydrogens (tertiary/aromatic N) is 2. The molecule has 1 heterocycles. The second-order valence-electron chi connectivity index (χ2n) is 5.10. The summed E-state index contributed by atoms with van der Waals surface area (Å²) in [5.41, 5.74) is 0.966. The Morgan fingerprint density at radius 1 is 1.21 bits per heavy atom. The highest BCUT2D eigenvalue weighted by molar-refractivity contribution is 7.16. The van der Waals surface area contributed by atoms with E-state index in [-0.39, 0.29) is 11.7 Å². The van der Waals surface area contributed by atoms with Gasteiger partial charge in [0, 0.05) is 18.7 Å². The lowest BCUT2D eigenvalue weighted by Crippen LogP contribution is -2.20. The average molecular weight is 344 g/mol. The molecule has 0 saturated carbocycles. The molecule has 6 heteroatoms. The highest BCUT2D eigenvalue weighted by Gasteiger charge is 2.12. The van der Waals surface area contributed by atoms with Crippen molar-refractivity contribution in [1.29, 1.82) is 0 Å². The van der Waals surface area contributed by atoms with E-state index in [9.17, 15) is 9.18 Å². The number of hydrogen-bond donors (Lipinski definition) is 0. The van der Waals surface area contributed by atoms with Crippen LogP contribution in [-0.2, 0) is 11.3 Å². The van der Waals surface area contributed by atoms with Crippen LogP contribution in [0.3, 0.4) is 0 Å². The Morgan fingerprint density at radius 3 is 2.75 bits per heavy atom. The molecule has 0 aliphatic heterocycles. The van der Waals surface area contributed by atoms with E-state index in [2.05, 4.69) is 4.99 Å². The lowest BCUT2D eigenvalue weighted by atomic mass is 10.2. The quantitative estimate of drug-likeness (QED) is 0.664. The fourth-order valence-electron chi connectivity index (χ4n) is 2.41. The zero-order valence-electron chi connectivity index (χ0n) is 13.2. The van der Waals surface area contributed by atoms with Crippen molar-refractivity contribution >= 4 is 27.5 Å². The minimum absolute atomic E-state index is 0.325. The fraction of sp³-hybridized carbons (Fsp3) is 0.222. The van der Waals surface area contributed by atoms with Crippen molar-refractivity contribution < 1.29 is 13.9 Å². The first-order chi connectivity index (χ1) is 11.7. The average Bonchev–Trinajstić information content (AvgIpc) is 2.94. The fourth-order valence-corrected chi connectivity index (χ4v) is 3.48. The molecule has 1 aromatic heterocycles. The first kappa shape index (κ1) is 16.5. The Balaban J connectivity index is 2.09. The van der Waals surface area contributed by atoms with Gasteiger partial charge in [-0.3, -0.25) is 4.79 Å². The molecule has 4 nitrogen and oxygen atoms in total. The van der Waals surface area contributed by atoms with Crippen LogP contribution in [0, 0.1) is 5.82 Å². The van der Waals surface area contributed by atoms with Crippen LogP contribution in [0.2, 0.25) is 0 Å². The van der Waals surface area contributed by atoms with E-state index in [0.717, 1.165) is 4.70 Å². The van der Waals surface area contributed by atoms with E-state index in [4.69, 9.17) is 4.74 Å². The standard InChI is InChI=1S/C18H17FN2O2S/c1-2-23-12-11-21-16-14(19)9-6-10-15(16)24-18(21)20-17(22)13-7-4-3-5-8-13/h3-10H,2,11-12H2,1H3. The number of benzene rings is 2. The smallest absolute Gasteiger partial charge is 0.279 e. The van der Waals surface area contributed by atoms with Crippen molar-refractivity contribution in [1.82, 2.24) is 4.57 Å². The molecule has 0 radical (unpaired) electrons. The van der Waals surface area contributed by atoms with Crippen molar-refractivity contribution in [3.8, 4) is 0 Å². The van der Waals surface area contributed by atoms with Gasteiger partial charge in [-0.05, 0) is 31.2 Å². The van der Waals surface area contributed by atoms with E-state index >= 15 is 0 Å². The summed E-state index contributed by atoms with van der Waals surface area (Å²) in [6.07, 6.45) is 0. The van der Waals surface area contributed by atoms with E-state index in [1.54, 1.807) is 34.9 Å². The van der Waals surface area contributed by atoms with E-state index in [0.29, 0.717) is 35.6 Å². The summed E-state index contributed by atoms with van der Waals surface area (Å²) >= 11 is 1.30. The molecular weight excluding hydrogens is 327 g/mol. The third-order valence-electron chi connectivity index (χ3n) is 3.53. The van der Waals surface area contributed by atoms with Gasteiger partial charge in [-0.25, -0.2) is 4.39 Å². The number of thiazole rings is 1. The topological polar surface area (TPSA) is 43.6 Å². The molecule has 0 aliphatic carbocycles. The summed E-state index contributed by atoms with van der Waals surface area (Å²) in [6, 6.07) is 13.7. The molecule has 0 spiro atoms. The van der Waals surface area contributed by atoms with Crippen LogP contribution in [0.4, 0.5) is 4.39 Å². The van der Waals surface area contributed by atoms with Gasteiger partial charge < -0.3 is 9.30 Å². The van der Waals surface area contributed by atoms with Crippen LogP contribution in [-0.4, -0.2) is 23.7 Å². The Kier molecular flexibility index (Phi) is 5.17. The van der Waals surface area contributed by atoms with Crippen LogP contribution in [0.1, 0.15) is 17.3 Å². The Hall–Kier alpha value is -2.31. The van der Waals surface area contributed by atoms with Gasteiger partial charge in [0.1, 0.15) is 5.82 Å². The lowest BCUT2D eigenvalue weighted by Gasteiger charge is -2.06. The van der Waals surface area contributed by atoms with Crippen molar-refractivity contribution in [2.75, 3.05) is 13.2 Å². The van der Waals surface area contributed by atoms with Gasteiger partial charge in [0.05, 0.1) is 16.8 Å². The summed E-state index contributed by atoms with van der Waals surface area (Å²) < 4.78 is 22.1. The lowest BCUT2D eigenvalue weighted by molar-refractivity contribution is 0.0996. The number of ether oxygens (including phenoxy) is 1. The number of aromatic nitrogens is 1. The summed E-state index contributed by atoms with van der Waals surface area (Å²) in [6.45, 7) is 3.36. The zero-order valence-corrected chi connectivity index (χ0v) is 14.1. The normalized spacial score (nSPS) is 12.0. The Labute approximate surface area is 142 Å². The molecule has 2 aromatic carbocycles. The number of carbonyl (C=O) groups excluding carboxylic acids is 1. The predicted molar refractivity (Wildman–Crippen MR) is 92.6 cm³/mol. The van der Waals surface area contributed by atoms with Gasteiger partial charge in [-0.1, -0.05) is 35.6 Å². The van der Waals surface area contributed by atoms with Crippen LogP contribution >= 0.6 is 11.3 Å². The summed E-state index contributed by atoms with van der Waals surface area (Å²) in [5, 5.41) is 0. The van der Waals surface area contributed by atoms with E-state index < -0.39 is 0 Å². The second kappa shape index (κ2) is 7.51. The molecule has 0 atom stereocenters. The molecule has 0 unspecified atom stereocenters. The summed E-state index contributed by atoms with van der Waals surface area (Å²) in [7, 11) is 0. The van der Waals surface area contributed by atoms with Crippen molar-refractivity contribution in [2.45, 2.75) is 13.5 Å². The summed E-state index contributed by atoms with van der Waals surface area (Å²) in [5.74, 6) is -0.665. The number of fused-ring (bicyclic) bond motifs is 1. The highest BCUT2D eigenvalue weighted by atomic mass is 32.1. The largest absolute Gasteiger partial charge is 0.380 e. The molecule has 3 rings (SSSR count). The molecule has 0 aliphatic rings. The minimum atomic E-state index is -0.340. The minimum Gasteiger partial charge on any atom is -0.380 e. The Bertz CT molecular complexity index is 916. The van der Waals surface area contributed by atoms with Crippen LogP contribution < -0.4 is 4.80 Å². The molecule has 1 amide bonds. The molecule has 124 valence electrons. The van der Waals surface area contributed by atoms with Crippen LogP contribution in [0.25, 0.3) is 10.2 Å². The van der Waals surface area contributed by atoms with Crippen LogP contribution in [0.15, 0.2) is 53.5 Å². The van der Waals surface area contributed by atoms with E-state index in [1.807, 2.05) is 19.1 Å². The molecule has 0 N–H and O–H groups in total. The molecule has 0 saturated heterocycles. The SMILES string of the molecule is CCOCCn1c(=NC(=O)c2ccccc2)sc2cccc(F)c21. The van der Waals surface area contributed by atoms with Gasteiger partial charge >= 0.3 is 0 Å². The maximum Gasteiger partial charge on any atom is 0.279 e. The van der Waals surface area contributed by atoms with Gasteiger partial charge in [0.15, 0.2) is 4.80 Å². The number of carbonyl (C=O) groups is 1. The monoisotopic (exact) mass is 344 g/mol. The highest BCUT2D eigenvalue weighted by Crippen LogP contribution is 2.20. The second-order valence-corrected chi connectivity index (χ2v) is 6.11. The number of halogens is 1. The molecule has 3 aromatic rings. The third kappa shape index (κ3) is 3.44. The number of para-hydroxylation sites is 1. The van der Waals surface area contributed by atoms with Crippen LogP contribution in [0.5, 0.6) is 0 Å². The van der Waals surface area contributed by atoms with Crippen molar-refractivity contribution in [3.63, 3.8) is 0 Å². The Morgan fingerprint density at radius 2 is 2.00 bits per heavy atom.